The highest BCUT2D eigenvalue weighted by Gasteiger charge is 2.38. The number of carbonyl (C=O) groups excluding carboxylic acids is 1. The quantitative estimate of drug-likeness (QED) is 0.643. The summed E-state index contributed by atoms with van der Waals surface area (Å²) in [4.78, 5) is 14.6. The van der Waals surface area contributed by atoms with Crippen molar-refractivity contribution < 1.29 is 4.79 Å². The third kappa shape index (κ3) is 2.15. The third-order valence-electron chi connectivity index (χ3n) is 3.66. The van der Waals surface area contributed by atoms with Gasteiger partial charge in [-0.1, -0.05) is 12.1 Å². The number of nitrogens with zero attached hydrogens (tertiary/aromatic N) is 3. The number of hydrogen-bond donors (Lipinski definition) is 0. The van der Waals surface area contributed by atoms with Crippen LogP contribution in [-0.2, 0) is 10.3 Å². The molecule has 0 amide bonds. The molecule has 1 saturated carbocycles. The predicted molar refractivity (Wildman–Crippen MR) is 74.9 cm³/mol. The van der Waals surface area contributed by atoms with Gasteiger partial charge in [-0.25, -0.2) is 9.48 Å². The summed E-state index contributed by atoms with van der Waals surface area (Å²) in [5.41, 5.74) is 1.74. The van der Waals surface area contributed by atoms with Crippen molar-refractivity contribution >= 4 is 22.0 Å². The van der Waals surface area contributed by atoms with Crippen molar-refractivity contribution in [3.63, 3.8) is 0 Å². The van der Waals surface area contributed by atoms with Crippen LogP contribution in [0.4, 0.5) is 0 Å². The summed E-state index contributed by atoms with van der Waals surface area (Å²) in [7, 11) is 0. The van der Waals surface area contributed by atoms with Crippen molar-refractivity contribution in [2.45, 2.75) is 24.8 Å². The summed E-state index contributed by atoms with van der Waals surface area (Å²) in [6.07, 6.45) is 8.32. The number of aromatic nitrogens is 2. The fourth-order valence-electron chi connectivity index (χ4n) is 2.43. The van der Waals surface area contributed by atoms with Crippen LogP contribution in [0.2, 0.25) is 0 Å². The van der Waals surface area contributed by atoms with Gasteiger partial charge in [0.2, 0.25) is 6.08 Å². The van der Waals surface area contributed by atoms with Crippen LogP contribution < -0.4 is 0 Å². The summed E-state index contributed by atoms with van der Waals surface area (Å²) < 4.78 is 2.74. The van der Waals surface area contributed by atoms with E-state index in [-0.39, 0.29) is 5.54 Å². The summed E-state index contributed by atoms with van der Waals surface area (Å²) >= 11 is 3.38. The topological polar surface area (TPSA) is 47.2 Å². The van der Waals surface area contributed by atoms with Gasteiger partial charge in [0.1, 0.15) is 0 Å². The maximum Gasteiger partial charge on any atom is 0.235 e. The maximum atomic E-state index is 10.6. The number of benzene rings is 1. The SMILES string of the molecule is O=C=NC1(c2ccc(-n3cc(Br)cn3)cc2)CCC1. The second kappa shape index (κ2) is 4.76. The van der Waals surface area contributed by atoms with Crippen molar-refractivity contribution in [3.8, 4) is 5.69 Å². The summed E-state index contributed by atoms with van der Waals surface area (Å²) in [6.45, 7) is 0. The first-order valence-electron chi connectivity index (χ1n) is 6.14. The first-order chi connectivity index (χ1) is 9.23. The Bertz CT molecular complexity index is 637. The lowest BCUT2D eigenvalue weighted by Crippen LogP contribution is -2.31. The molecule has 96 valence electrons. The number of hydrogen-bond acceptors (Lipinski definition) is 3. The van der Waals surface area contributed by atoms with E-state index in [9.17, 15) is 4.79 Å². The lowest BCUT2D eigenvalue weighted by molar-refractivity contribution is 0.256. The van der Waals surface area contributed by atoms with E-state index in [1.54, 1.807) is 17.0 Å². The van der Waals surface area contributed by atoms with Crippen LogP contribution in [0.5, 0.6) is 0 Å². The van der Waals surface area contributed by atoms with Gasteiger partial charge in [0.05, 0.1) is 21.9 Å². The van der Waals surface area contributed by atoms with Gasteiger partial charge in [-0.2, -0.15) is 10.1 Å². The minimum Gasteiger partial charge on any atom is -0.240 e. The number of aliphatic imine (C=N–C) groups is 1. The van der Waals surface area contributed by atoms with E-state index in [2.05, 4.69) is 26.0 Å². The maximum absolute atomic E-state index is 10.6. The molecule has 1 aliphatic carbocycles. The highest BCUT2D eigenvalue weighted by atomic mass is 79.9. The Labute approximate surface area is 119 Å². The van der Waals surface area contributed by atoms with Crippen molar-refractivity contribution in [1.29, 1.82) is 0 Å². The third-order valence-corrected chi connectivity index (χ3v) is 4.07. The highest BCUT2D eigenvalue weighted by molar-refractivity contribution is 9.10. The average molecular weight is 318 g/mol. The zero-order chi connectivity index (χ0) is 13.3. The molecule has 0 radical (unpaired) electrons. The Morgan fingerprint density at radius 2 is 2.05 bits per heavy atom. The normalized spacial score (nSPS) is 16.5. The molecule has 1 aliphatic rings. The summed E-state index contributed by atoms with van der Waals surface area (Å²) in [5, 5.41) is 4.23. The van der Waals surface area contributed by atoms with Crippen LogP contribution in [0.3, 0.4) is 0 Å². The van der Waals surface area contributed by atoms with Crippen LogP contribution in [0.15, 0.2) is 46.1 Å². The molecule has 4 nitrogen and oxygen atoms in total. The molecule has 0 unspecified atom stereocenters. The van der Waals surface area contributed by atoms with Gasteiger partial charge in [0, 0.05) is 6.20 Å². The summed E-state index contributed by atoms with van der Waals surface area (Å²) in [6, 6.07) is 8.03. The average Bonchev–Trinajstić information content (AvgIpc) is 2.81. The van der Waals surface area contributed by atoms with Gasteiger partial charge in [-0.15, -0.1) is 0 Å². The second-order valence-electron chi connectivity index (χ2n) is 4.74. The van der Waals surface area contributed by atoms with E-state index >= 15 is 0 Å². The van der Waals surface area contributed by atoms with Gasteiger partial charge in [0.25, 0.3) is 0 Å². The van der Waals surface area contributed by atoms with Crippen LogP contribution >= 0.6 is 15.9 Å². The molecule has 0 spiro atoms. The molecule has 2 aromatic rings. The minimum absolute atomic E-state index is 0.328. The first kappa shape index (κ1) is 12.3. The Balaban J connectivity index is 1.92. The van der Waals surface area contributed by atoms with Gasteiger partial charge < -0.3 is 0 Å². The molecule has 19 heavy (non-hydrogen) atoms. The predicted octanol–water partition coefficient (Wildman–Crippen LogP) is 3.35. The van der Waals surface area contributed by atoms with E-state index in [0.29, 0.717) is 0 Å². The standard InChI is InChI=1S/C14H12BrN3O/c15-12-8-17-18(9-12)13-4-2-11(3-5-13)14(16-10-19)6-1-7-14/h2-5,8-9H,1,6-7H2. The van der Waals surface area contributed by atoms with E-state index in [1.807, 2.05) is 30.5 Å². The number of rotatable bonds is 3. The molecular weight excluding hydrogens is 306 g/mol. The number of halogens is 1. The fourth-order valence-corrected chi connectivity index (χ4v) is 2.72. The lowest BCUT2D eigenvalue weighted by atomic mass is 9.72. The second-order valence-corrected chi connectivity index (χ2v) is 5.65. The largest absolute Gasteiger partial charge is 0.240 e. The Hall–Kier alpha value is -1.71. The fraction of sp³-hybridized carbons (Fsp3) is 0.286. The van der Waals surface area contributed by atoms with E-state index in [0.717, 1.165) is 35.0 Å². The molecular formula is C14H12BrN3O. The first-order valence-corrected chi connectivity index (χ1v) is 6.93. The molecule has 0 saturated heterocycles. The monoisotopic (exact) mass is 317 g/mol. The molecule has 0 aliphatic heterocycles. The number of isocyanates is 1. The highest BCUT2D eigenvalue weighted by Crippen LogP contribution is 2.44. The van der Waals surface area contributed by atoms with Crippen molar-refractivity contribution in [3.05, 3.63) is 46.7 Å². The van der Waals surface area contributed by atoms with E-state index < -0.39 is 0 Å². The van der Waals surface area contributed by atoms with Crippen molar-refractivity contribution in [2.24, 2.45) is 4.99 Å². The van der Waals surface area contributed by atoms with E-state index in [4.69, 9.17) is 0 Å². The smallest absolute Gasteiger partial charge is 0.235 e. The molecule has 3 rings (SSSR count). The molecule has 1 fully saturated rings. The van der Waals surface area contributed by atoms with E-state index in [1.165, 1.54) is 0 Å². The van der Waals surface area contributed by atoms with Crippen LogP contribution in [-0.4, -0.2) is 15.9 Å². The van der Waals surface area contributed by atoms with Gasteiger partial charge >= 0.3 is 0 Å². The van der Waals surface area contributed by atoms with Crippen LogP contribution in [0.1, 0.15) is 24.8 Å². The van der Waals surface area contributed by atoms with Crippen LogP contribution in [0, 0.1) is 0 Å². The molecule has 1 aromatic carbocycles. The molecule has 0 atom stereocenters. The zero-order valence-electron chi connectivity index (χ0n) is 10.2. The summed E-state index contributed by atoms with van der Waals surface area (Å²) in [5.74, 6) is 0. The molecule has 0 bridgehead atoms. The Morgan fingerprint density at radius 3 is 2.53 bits per heavy atom. The minimum atomic E-state index is -0.328. The molecule has 1 aromatic heterocycles. The van der Waals surface area contributed by atoms with Crippen LogP contribution in [0.25, 0.3) is 5.69 Å². The molecule has 5 heteroatoms. The van der Waals surface area contributed by atoms with Crippen molar-refractivity contribution in [2.75, 3.05) is 0 Å². The Kier molecular flexibility index (Phi) is 3.09. The lowest BCUT2D eigenvalue weighted by Gasteiger charge is -2.37. The molecule has 1 heterocycles. The molecule has 0 N–H and O–H groups in total. The zero-order valence-corrected chi connectivity index (χ0v) is 11.8. The van der Waals surface area contributed by atoms with Gasteiger partial charge in [-0.3, -0.25) is 0 Å². The van der Waals surface area contributed by atoms with Gasteiger partial charge in [0.15, 0.2) is 0 Å². The van der Waals surface area contributed by atoms with Gasteiger partial charge in [-0.05, 0) is 52.9 Å². The van der Waals surface area contributed by atoms with Crippen molar-refractivity contribution in [1.82, 2.24) is 9.78 Å². The Morgan fingerprint density at radius 1 is 1.32 bits per heavy atom.